The first-order chi connectivity index (χ1) is 9.52. The van der Waals surface area contributed by atoms with E-state index >= 15 is 0 Å². The molecule has 0 aliphatic heterocycles. The third-order valence-electron chi connectivity index (χ3n) is 3.45. The summed E-state index contributed by atoms with van der Waals surface area (Å²) in [5, 5.41) is 0. The topological polar surface area (TPSA) is 43.1 Å². The second-order valence-electron chi connectivity index (χ2n) is 4.95. The van der Waals surface area contributed by atoms with Crippen molar-refractivity contribution in [1.29, 1.82) is 0 Å². The highest BCUT2D eigenvalue weighted by Gasteiger charge is 2.19. The minimum absolute atomic E-state index is 0.0680. The van der Waals surface area contributed by atoms with E-state index in [4.69, 9.17) is 5.73 Å². The molecule has 0 radical (unpaired) electrons. The smallest absolute Gasteiger partial charge is 0.254 e. The maximum atomic E-state index is 13.7. The van der Waals surface area contributed by atoms with Crippen LogP contribution < -0.4 is 5.73 Å². The first-order valence-corrected chi connectivity index (χ1v) is 6.69. The minimum atomic E-state index is -1.09. The Labute approximate surface area is 117 Å². The number of amides is 1. The predicted molar refractivity (Wildman–Crippen MR) is 74.4 cm³/mol. The van der Waals surface area contributed by atoms with Crippen LogP contribution in [0.4, 0.5) is 8.78 Å². The summed E-state index contributed by atoms with van der Waals surface area (Å²) in [6.45, 7) is 2.11. The first-order valence-electron chi connectivity index (χ1n) is 6.69. The number of carbonyl (C=O) groups is 1. The van der Waals surface area contributed by atoms with Crippen LogP contribution >= 0.6 is 0 Å². The molecular weight excluding hydrogens is 260 g/mol. The van der Waals surface area contributed by atoms with Crippen molar-refractivity contribution in [3.63, 3.8) is 0 Å². The fourth-order valence-corrected chi connectivity index (χ4v) is 2.43. The van der Waals surface area contributed by atoms with Crippen molar-refractivity contribution in [2.75, 3.05) is 0 Å². The van der Waals surface area contributed by atoms with Crippen LogP contribution in [-0.2, 0) is 0 Å². The monoisotopic (exact) mass is 277 g/mol. The third-order valence-corrected chi connectivity index (χ3v) is 3.45. The summed E-state index contributed by atoms with van der Waals surface area (Å²) in [6, 6.07) is 2.38. The highest BCUT2D eigenvalue weighted by atomic mass is 19.1. The molecule has 2 rings (SSSR count). The Morgan fingerprint density at radius 1 is 1.35 bits per heavy atom. The van der Waals surface area contributed by atoms with E-state index in [2.05, 4.69) is 13.0 Å². The zero-order chi connectivity index (χ0) is 14.7. The molecule has 2 nitrogen and oxygen atoms in total. The lowest BCUT2D eigenvalue weighted by molar-refractivity contribution is 0.0992. The highest BCUT2D eigenvalue weighted by Crippen LogP contribution is 2.30. The summed E-state index contributed by atoms with van der Waals surface area (Å²) < 4.78 is 27.5. The molecular formula is C16H17F2NO. The van der Waals surface area contributed by atoms with E-state index in [9.17, 15) is 13.6 Å². The standard InChI is InChI=1S/C16H17F2NO/c1-2-3-10-4-6-11(7-5-10)12-8-13(17)15(16(19)20)14(18)9-12/h4-6,8-9,11H,2-3,7H2,1H3,(H2,19,20). The van der Waals surface area contributed by atoms with Gasteiger partial charge in [-0.2, -0.15) is 0 Å². The van der Waals surface area contributed by atoms with Crippen molar-refractivity contribution < 1.29 is 13.6 Å². The SMILES string of the molecule is CCCC1=CCC(c2cc(F)c(C(N)=O)c(F)c2)C=C1. The van der Waals surface area contributed by atoms with E-state index in [0.29, 0.717) is 12.0 Å². The highest BCUT2D eigenvalue weighted by molar-refractivity contribution is 5.93. The maximum absolute atomic E-state index is 13.7. The van der Waals surface area contributed by atoms with Crippen molar-refractivity contribution in [3.05, 3.63) is 58.7 Å². The van der Waals surface area contributed by atoms with Gasteiger partial charge in [-0.05, 0) is 30.5 Å². The van der Waals surface area contributed by atoms with E-state index in [1.807, 2.05) is 12.2 Å². The molecule has 0 aromatic heterocycles. The molecule has 1 aliphatic carbocycles. The Morgan fingerprint density at radius 2 is 2.00 bits per heavy atom. The number of rotatable bonds is 4. The summed E-state index contributed by atoms with van der Waals surface area (Å²) >= 11 is 0. The number of carbonyl (C=O) groups excluding carboxylic acids is 1. The van der Waals surface area contributed by atoms with Crippen molar-refractivity contribution in [1.82, 2.24) is 0 Å². The Balaban J connectivity index is 2.24. The van der Waals surface area contributed by atoms with Gasteiger partial charge in [0.15, 0.2) is 0 Å². The van der Waals surface area contributed by atoms with Crippen LogP contribution in [0.3, 0.4) is 0 Å². The van der Waals surface area contributed by atoms with Gasteiger partial charge in [0, 0.05) is 5.92 Å². The Morgan fingerprint density at radius 3 is 2.45 bits per heavy atom. The van der Waals surface area contributed by atoms with Crippen LogP contribution in [-0.4, -0.2) is 5.91 Å². The molecule has 2 N–H and O–H groups in total. The molecule has 0 heterocycles. The van der Waals surface area contributed by atoms with Gasteiger partial charge in [0.25, 0.3) is 5.91 Å². The van der Waals surface area contributed by atoms with Gasteiger partial charge in [-0.1, -0.05) is 37.1 Å². The van der Waals surface area contributed by atoms with Crippen LogP contribution in [0.1, 0.15) is 48.0 Å². The van der Waals surface area contributed by atoms with Crippen LogP contribution in [0.15, 0.2) is 35.9 Å². The normalized spacial score (nSPS) is 17.9. The van der Waals surface area contributed by atoms with Gasteiger partial charge in [0.1, 0.15) is 17.2 Å². The molecule has 0 saturated carbocycles. The van der Waals surface area contributed by atoms with Crippen LogP contribution in [0.5, 0.6) is 0 Å². The molecule has 0 bridgehead atoms. The molecule has 1 aliphatic rings. The second kappa shape index (κ2) is 5.99. The number of hydrogen-bond donors (Lipinski definition) is 1. The molecule has 1 amide bonds. The van der Waals surface area contributed by atoms with Gasteiger partial charge in [-0.15, -0.1) is 0 Å². The largest absolute Gasteiger partial charge is 0.365 e. The fourth-order valence-electron chi connectivity index (χ4n) is 2.43. The second-order valence-corrected chi connectivity index (χ2v) is 4.95. The zero-order valence-corrected chi connectivity index (χ0v) is 11.3. The molecule has 4 heteroatoms. The average Bonchev–Trinajstić information content (AvgIpc) is 2.38. The number of allylic oxidation sites excluding steroid dienone is 4. The summed E-state index contributed by atoms with van der Waals surface area (Å²) in [6.07, 6.45) is 8.81. The Kier molecular flexibility index (Phi) is 4.32. The van der Waals surface area contributed by atoms with Crippen molar-refractivity contribution in [2.24, 2.45) is 5.73 Å². The quantitative estimate of drug-likeness (QED) is 0.893. The zero-order valence-electron chi connectivity index (χ0n) is 11.3. The van der Waals surface area contributed by atoms with Crippen LogP contribution in [0.25, 0.3) is 0 Å². The van der Waals surface area contributed by atoms with E-state index in [1.54, 1.807) is 0 Å². The van der Waals surface area contributed by atoms with Crippen LogP contribution in [0.2, 0.25) is 0 Å². The Bertz CT molecular complexity index is 567. The average molecular weight is 277 g/mol. The molecule has 1 aromatic rings. The van der Waals surface area contributed by atoms with E-state index in [1.165, 1.54) is 17.7 Å². The van der Waals surface area contributed by atoms with E-state index in [0.717, 1.165) is 12.8 Å². The van der Waals surface area contributed by atoms with Gasteiger partial charge in [0.2, 0.25) is 0 Å². The number of nitrogens with two attached hydrogens (primary N) is 1. The molecule has 0 saturated heterocycles. The van der Waals surface area contributed by atoms with Crippen LogP contribution in [0, 0.1) is 11.6 Å². The predicted octanol–water partition coefficient (Wildman–Crippen LogP) is 3.83. The van der Waals surface area contributed by atoms with Gasteiger partial charge >= 0.3 is 0 Å². The molecule has 0 spiro atoms. The van der Waals surface area contributed by atoms with Gasteiger partial charge in [0.05, 0.1) is 0 Å². The summed E-state index contributed by atoms with van der Waals surface area (Å²) in [5.74, 6) is -2.95. The molecule has 20 heavy (non-hydrogen) atoms. The Hall–Kier alpha value is -1.97. The van der Waals surface area contributed by atoms with E-state index in [-0.39, 0.29) is 5.92 Å². The fraction of sp³-hybridized carbons (Fsp3) is 0.312. The number of primary amides is 1. The number of benzene rings is 1. The first kappa shape index (κ1) is 14.4. The number of hydrogen-bond acceptors (Lipinski definition) is 1. The summed E-state index contributed by atoms with van der Waals surface area (Å²) in [7, 11) is 0. The summed E-state index contributed by atoms with van der Waals surface area (Å²) in [5.41, 5.74) is 6.05. The lowest BCUT2D eigenvalue weighted by Crippen LogP contribution is -2.16. The molecule has 106 valence electrons. The van der Waals surface area contributed by atoms with Gasteiger partial charge in [-0.3, -0.25) is 4.79 Å². The van der Waals surface area contributed by atoms with Crippen molar-refractivity contribution in [2.45, 2.75) is 32.1 Å². The van der Waals surface area contributed by atoms with Crippen molar-refractivity contribution in [3.8, 4) is 0 Å². The molecule has 1 atom stereocenters. The number of halogens is 2. The molecule has 1 aromatic carbocycles. The lowest BCUT2D eigenvalue weighted by Gasteiger charge is -2.17. The van der Waals surface area contributed by atoms with E-state index < -0.39 is 23.1 Å². The van der Waals surface area contributed by atoms with Gasteiger partial charge in [-0.25, -0.2) is 8.78 Å². The minimum Gasteiger partial charge on any atom is -0.365 e. The molecule has 0 fully saturated rings. The third kappa shape index (κ3) is 2.95. The van der Waals surface area contributed by atoms with Gasteiger partial charge < -0.3 is 5.73 Å². The lowest BCUT2D eigenvalue weighted by atomic mass is 9.88. The maximum Gasteiger partial charge on any atom is 0.254 e. The summed E-state index contributed by atoms with van der Waals surface area (Å²) in [4.78, 5) is 11.0. The van der Waals surface area contributed by atoms with Crippen molar-refractivity contribution >= 4 is 5.91 Å². The molecule has 1 unspecified atom stereocenters.